The number of aryl methyl sites for hydroxylation is 1. The van der Waals surface area contributed by atoms with E-state index in [9.17, 15) is 9.59 Å². The first-order valence-electron chi connectivity index (χ1n) is 10.9. The van der Waals surface area contributed by atoms with E-state index in [2.05, 4.69) is 26.1 Å². The Balaban J connectivity index is 1.79. The van der Waals surface area contributed by atoms with Crippen LogP contribution < -0.4 is 5.32 Å². The maximum atomic E-state index is 12.9. The number of aromatic nitrogens is 2. The number of carbonyl (C=O) groups excluding carboxylic acids is 2. The van der Waals surface area contributed by atoms with Gasteiger partial charge in [0.05, 0.1) is 17.9 Å². The van der Waals surface area contributed by atoms with Gasteiger partial charge in [-0.2, -0.15) is 5.10 Å². The molecule has 0 spiro atoms. The fourth-order valence-corrected chi connectivity index (χ4v) is 3.33. The highest BCUT2D eigenvalue weighted by Gasteiger charge is 2.34. The van der Waals surface area contributed by atoms with Crippen LogP contribution in [0.2, 0.25) is 0 Å². The second-order valence-corrected chi connectivity index (χ2v) is 9.34. The molecule has 1 aromatic carbocycles. The summed E-state index contributed by atoms with van der Waals surface area (Å²) in [5.41, 5.74) is 2.75. The lowest BCUT2D eigenvalue weighted by Crippen LogP contribution is -2.40. The molecule has 168 valence electrons. The number of hydrogen-bond donors (Lipinski definition) is 1. The van der Waals surface area contributed by atoms with Crippen LogP contribution in [0, 0.1) is 12.8 Å². The van der Waals surface area contributed by atoms with Crippen LogP contribution in [-0.4, -0.2) is 53.3 Å². The zero-order valence-corrected chi connectivity index (χ0v) is 19.3. The second-order valence-electron chi connectivity index (χ2n) is 9.34. The molecule has 0 radical (unpaired) electrons. The number of nitrogens with zero attached hydrogens (tertiary/aromatic N) is 3. The Labute approximate surface area is 184 Å². The molecule has 2 aromatic rings. The fraction of sp³-hybridized carbons (Fsp3) is 0.542. The third-order valence-corrected chi connectivity index (χ3v) is 5.37. The largest absolute Gasteiger partial charge is 0.385 e. The number of carbonyl (C=O) groups is 2. The highest BCUT2D eigenvalue weighted by Crippen LogP contribution is 2.31. The summed E-state index contributed by atoms with van der Waals surface area (Å²) in [6.07, 6.45) is 2.53. The molecule has 1 aromatic heterocycles. The summed E-state index contributed by atoms with van der Waals surface area (Å²) in [5.74, 6) is 0.518. The van der Waals surface area contributed by atoms with Gasteiger partial charge in [-0.05, 0) is 38.3 Å². The number of hydrogen-bond acceptors (Lipinski definition) is 4. The summed E-state index contributed by atoms with van der Waals surface area (Å²) in [6.45, 7) is 9.41. The maximum Gasteiger partial charge on any atom is 0.245 e. The number of anilines is 1. The van der Waals surface area contributed by atoms with E-state index < -0.39 is 0 Å². The molecule has 1 aliphatic rings. The third kappa shape index (κ3) is 6.17. The number of methoxy groups -OCH3 is 1. The van der Waals surface area contributed by atoms with Crippen LogP contribution in [0.3, 0.4) is 0 Å². The predicted molar refractivity (Wildman–Crippen MR) is 121 cm³/mol. The van der Waals surface area contributed by atoms with Gasteiger partial charge < -0.3 is 15.0 Å². The summed E-state index contributed by atoms with van der Waals surface area (Å²) >= 11 is 0. The summed E-state index contributed by atoms with van der Waals surface area (Å²) in [7, 11) is 1.64. The Bertz CT molecular complexity index is 908. The molecule has 31 heavy (non-hydrogen) atoms. The van der Waals surface area contributed by atoms with E-state index in [1.165, 1.54) is 0 Å². The molecule has 1 saturated carbocycles. The first-order valence-corrected chi connectivity index (χ1v) is 10.9. The van der Waals surface area contributed by atoms with Crippen molar-refractivity contribution in [3.05, 3.63) is 41.6 Å². The van der Waals surface area contributed by atoms with Gasteiger partial charge in [0.1, 0.15) is 5.82 Å². The van der Waals surface area contributed by atoms with Crippen molar-refractivity contribution in [3.8, 4) is 5.69 Å². The minimum absolute atomic E-state index is 0.0307. The van der Waals surface area contributed by atoms with Crippen LogP contribution in [0.25, 0.3) is 5.69 Å². The summed E-state index contributed by atoms with van der Waals surface area (Å²) in [6, 6.07) is 9.92. The Morgan fingerprint density at radius 3 is 2.48 bits per heavy atom. The van der Waals surface area contributed by atoms with Crippen LogP contribution >= 0.6 is 0 Å². The zero-order chi connectivity index (χ0) is 22.6. The van der Waals surface area contributed by atoms with Gasteiger partial charge in [-0.25, -0.2) is 4.68 Å². The first-order chi connectivity index (χ1) is 14.7. The molecular formula is C24H34N4O3. The van der Waals surface area contributed by atoms with Gasteiger partial charge in [0.2, 0.25) is 11.8 Å². The monoisotopic (exact) mass is 426 g/mol. The van der Waals surface area contributed by atoms with Crippen LogP contribution in [0.1, 0.15) is 51.3 Å². The number of benzene rings is 1. The highest BCUT2D eigenvalue weighted by molar-refractivity contribution is 5.94. The van der Waals surface area contributed by atoms with E-state index in [1.54, 1.807) is 16.7 Å². The molecule has 1 fully saturated rings. The smallest absolute Gasteiger partial charge is 0.245 e. The van der Waals surface area contributed by atoms with Crippen molar-refractivity contribution >= 4 is 17.6 Å². The number of ether oxygens (including phenoxy) is 1. The molecule has 0 saturated heterocycles. The molecule has 7 heteroatoms. The molecule has 1 heterocycles. The highest BCUT2D eigenvalue weighted by atomic mass is 16.5. The normalized spacial score (nSPS) is 13.8. The summed E-state index contributed by atoms with van der Waals surface area (Å²) in [5, 5.41) is 7.74. The molecular weight excluding hydrogens is 392 g/mol. The van der Waals surface area contributed by atoms with Crippen molar-refractivity contribution in [2.75, 3.05) is 32.1 Å². The average Bonchev–Trinajstić information content (AvgIpc) is 3.47. The van der Waals surface area contributed by atoms with Gasteiger partial charge in [-0.3, -0.25) is 9.59 Å². The second kappa shape index (κ2) is 9.64. The van der Waals surface area contributed by atoms with Gasteiger partial charge in [-0.1, -0.05) is 38.5 Å². The molecule has 3 rings (SSSR count). The molecule has 0 unspecified atom stereocenters. The van der Waals surface area contributed by atoms with Crippen molar-refractivity contribution in [3.63, 3.8) is 0 Å². The van der Waals surface area contributed by atoms with E-state index in [4.69, 9.17) is 9.84 Å². The van der Waals surface area contributed by atoms with Gasteiger partial charge in [0.25, 0.3) is 0 Å². The van der Waals surface area contributed by atoms with Crippen molar-refractivity contribution in [2.24, 2.45) is 5.92 Å². The van der Waals surface area contributed by atoms with Crippen LogP contribution in [0.15, 0.2) is 30.3 Å². The van der Waals surface area contributed by atoms with Crippen LogP contribution in [0.4, 0.5) is 5.82 Å². The van der Waals surface area contributed by atoms with E-state index in [-0.39, 0.29) is 29.7 Å². The third-order valence-electron chi connectivity index (χ3n) is 5.37. The van der Waals surface area contributed by atoms with Gasteiger partial charge in [-0.15, -0.1) is 0 Å². The molecule has 7 nitrogen and oxygen atoms in total. The average molecular weight is 427 g/mol. The Morgan fingerprint density at radius 1 is 1.23 bits per heavy atom. The Morgan fingerprint density at radius 2 is 1.90 bits per heavy atom. The molecule has 0 bridgehead atoms. The van der Waals surface area contributed by atoms with Crippen molar-refractivity contribution in [2.45, 2.75) is 52.4 Å². The van der Waals surface area contributed by atoms with Crippen LogP contribution in [0.5, 0.6) is 0 Å². The Hall–Kier alpha value is -2.67. The number of nitrogens with one attached hydrogen (secondary N) is 1. The van der Waals surface area contributed by atoms with Crippen molar-refractivity contribution < 1.29 is 14.3 Å². The minimum atomic E-state index is -0.222. The maximum absolute atomic E-state index is 12.9. The lowest BCUT2D eigenvalue weighted by Gasteiger charge is -2.22. The molecule has 0 atom stereocenters. The summed E-state index contributed by atoms with van der Waals surface area (Å²) in [4.78, 5) is 27.2. The molecule has 1 aliphatic carbocycles. The lowest BCUT2D eigenvalue weighted by molar-refractivity contribution is -0.136. The predicted octanol–water partition coefficient (Wildman–Crippen LogP) is 3.69. The molecule has 0 aliphatic heterocycles. The van der Waals surface area contributed by atoms with Gasteiger partial charge in [0, 0.05) is 37.7 Å². The lowest BCUT2D eigenvalue weighted by atomic mass is 9.92. The van der Waals surface area contributed by atoms with Crippen LogP contribution in [-0.2, 0) is 19.7 Å². The van der Waals surface area contributed by atoms with E-state index in [1.807, 2.05) is 37.3 Å². The van der Waals surface area contributed by atoms with E-state index in [0.29, 0.717) is 25.4 Å². The van der Waals surface area contributed by atoms with Gasteiger partial charge in [0.15, 0.2) is 0 Å². The fourth-order valence-electron chi connectivity index (χ4n) is 3.33. The van der Waals surface area contributed by atoms with E-state index >= 15 is 0 Å². The molecule has 2 amide bonds. The quantitative estimate of drug-likeness (QED) is 0.621. The SMILES string of the molecule is COCCCN(CC(=O)Nc1cc(C(C)(C)C)nn1-c1ccc(C)cc1)C(=O)C1CC1. The van der Waals surface area contributed by atoms with Gasteiger partial charge >= 0.3 is 0 Å². The first kappa shape index (κ1) is 23.0. The van der Waals surface area contributed by atoms with Crippen molar-refractivity contribution in [1.82, 2.24) is 14.7 Å². The standard InChI is InChI=1S/C24H34N4O3/c1-17-7-11-19(12-8-17)28-21(15-20(26-28)24(2,3)4)25-22(29)16-27(13-6-14-31-5)23(30)18-9-10-18/h7-8,11-12,15,18H,6,9-10,13-14,16H2,1-5H3,(H,25,29). The number of rotatable bonds is 9. The summed E-state index contributed by atoms with van der Waals surface area (Å²) < 4.78 is 6.87. The minimum Gasteiger partial charge on any atom is -0.385 e. The topological polar surface area (TPSA) is 76.5 Å². The van der Waals surface area contributed by atoms with E-state index in [0.717, 1.165) is 29.8 Å². The van der Waals surface area contributed by atoms with Crippen molar-refractivity contribution in [1.29, 1.82) is 0 Å². The molecule has 1 N–H and O–H groups in total. The number of amides is 2. The zero-order valence-electron chi connectivity index (χ0n) is 19.3. The Kier molecular flexibility index (Phi) is 7.15.